The summed E-state index contributed by atoms with van der Waals surface area (Å²) < 4.78 is 11.7. The van der Waals surface area contributed by atoms with E-state index in [1.54, 1.807) is 6.92 Å². The largest absolute Gasteiger partial charge is 0.486 e. The first-order valence-corrected chi connectivity index (χ1v) is 7.78. The van der Waals surface area contributed by atoms with Gasteiger partial charge < -0.3 is 20.1 Å². The highest BCUT2D eigenvalue weighted by Gasteiger charge is 2.27. The van der Waals surface area contributed by atoms with Crippen LogP contribution in [0.5, 0.6) is 11.5 Å². The number of hydrogen-bond donors (Lipinski definition) is 1. The molecule has 6 nitrogen and oxygen atoms in total. The summed E-state index contributed by atoms with van der Waals surface area (Å²) in [5.74, 6) is 1.65. The molecule has 1 fully saturated rings. The highest BCUT2D eigenvalue weighted by molar-refractivity contribution is 5.81. The zero-order valence-electron chi connectivity index (χ0n) is 12.9. The first kappa shape index (κ1) is 15.1. The molecular formula is C16H23N3O3. The second-order valence-electron chi connectivity index (χ2n) is 5.91. The summed E-state index contributed by atoms with van der Waals surface area (Å²) in [5.41, 5.74) is 5.65. The molecule has 0 aliphatic carbocycles. The number of hydrogen-bond acceptors (Lipinski definition) is 5. The molecule has 2 unspecified atom stereocenters. The van der Waals surface area contributed by atoms with Crippen LogP contribution in [0.2, 0.25) is 0 Å². The van der Waals surface area contributed by atoms with E-state index in [0.717, 1.165) is 44.2 Å². The first-order valence-electron chi connectivity index (χ1n) is 7.78. The fourth-order valence-electron chi connectivity index (χ4n) is 2.88. The third-order valence-corrected chi connectivity index (χ3v) is 4.10. The number of piperazine rings is 1. The number of carbonyl (C=O) groups excluding carboxylic acids is 1. The molecule has 0 bridgehead atoms. The zero-order chi connectivity index (χ0) is 15.5. The van der Waals surface area contributed by atoms with Gasteiger partial charge in [-0.1, -0.05) is 12.1 Å². The van der Waals surface area contributed by atoms with Crippen LogP contribution in [0.3, 0.4) is 0 Å². The summed E-state index contributed by atoms with van der Waals surface area (Å²) in [5, 5.41) is 0. The van der Waals surface area contributed by atoms with Gasteiger partial charge in [0.15, 0.2) is 11.5 Å². The lowest BCUT2D eigenvalue weighted by molar-refractivity contribution is -0.134. The average molecular weight is 305 g/mol. The van der Waals surface area contributed by atoms with Gasteiger partial charge in [-0.25, -0.2) is 0 Å². The molecule has 1 amide bonds. The van der Waals surface area contributed by atoms with Crippen LogP contribution in [0.25, 0.3) is 0 Å². The monoisotopic (exact) mass is 305 g/mol. The Kier molecular flexibility index (Phi) is 4.49. The SMILES string of the molecule is CC(N)C(=O)N1CCN(CC2COc3ccccc3O2)CC1. The minimum absolute atomic E-state index is 0.0329. The smallest absolute Gasteiger partial charge is 0.239 e. The fraction of sp³-hybridized carbons (Fsp3) is 0.562. The summed E-state index contributed by atoms with van der Waals surface area (Å²) in [7, 11) is 0. The number of carbonyl (C=O) groups is 1. The summed E-state index contributed by atoms with van der Waals surface area (Å²) in [6.45, 7) is 6.26. The van der Waals surface area contributed by atoms with Crippen molar-refractivity contribution >= 4 is 5.91 Å². The summed E-state index contributed by atoms with van der Waals surface area (Å²) in [4.78, 5) is 16.0. The van der Waals surface area contributed by atoms with E-state index in [1.807, 2.05) is 29.2 Å². The highest BCUT2D eigenvalue weighted by atomic mass is 16.6. The Balaban J connectivity index is 1.49. The number of amides is 1. The van der Waals surface area contributed by atoms with Gasteiger partial charge in [0.1, 0.15) is 12.7 Å². The molecule has 6 heteroatoms. The quantitative estimate of drug-likeness (QED) is 0.871. The Labute approximate surface area is 130 Å². The molecule has 2 aliphatic rings. The molecule has 0 spiro atoms. The number of ether oxygens (including phenoxy) is 2. The van der Waals surface area contributed by atoms with E-state index in [2.05, 4.69) is 4.90 Å². The molecule has 2 aliphatic heterocycles. The van der Waals surface area contributed by atoms with Crippen LogP contribution < -0.4 is 15.2 Å². The lowest BCUT2D eigenvalue weighted by Gasteiger charge is -2.37. The molecule has 1 aromatic rings. The van der Waals surface area contributed by atoms with E-state index in [4.69, 9.17) is 15.2 Å². The number of para-hydroxylation sites is 2. The standard InChI is InChI=1S/C16H23N3O3/c1-12(17)16(20)19-8-6-18(7-9-19)10-13-11-21-14-4-2-3-5-15(14)22-13/h2-5,12-13H,6-11,17H2,1H3. The molecule has 1 saturated heterocycles. The second kappa shape index (κ2) is 6.54. The fourth-order valence-corrected chi connectivity index (χ4v) is 2.88. The van der Waals surface area contributed by atoms with E-state index in [1.165, 1.54) is 0 Å². The van der Waals surface area contributed by atoms with Gasteiger partial charge in [0.05, 0.1) is 6.04 Å². The molecule has 3 rings (SSSR count). The van der Waals surface area contributed by atoms with E-state index in [9.17, 15) is 4.79 Å². The molecule has 0 aromatic heterocycles. The van der Waals surface area contributed by atoms with Gasteiger partial charge in [0, 0.05) is 32.7 Å². The number of nitrogens with two attached hydrogens (primary N) is 1. The van der Waals surface area contributed by atoms with Crippen molar-refractivity contribution in [1.82, 2.24) is 9.80 Å². The third-order valence-electron chi connectivity index (χ3n) is 4.10. The minimum Gasteiger partial charge on any atom is -0.486 e. The molecule has 22 heavy (non-hydrogen) atoms. The number of benzene rings is 1. The van der Waals surface area contributed by atoms with Crippen LogP contribution in [0.15, 0.2) is 24.3 Å². The van der Waals surface area contributed by atoms with Gasteiger partial charge in [-0.2, -0.15) is 0 Å². The molecular weight excluding hydrogens is 282 g/mol. The van der Waals surface area contributed by atoms with E-state index < -0.39 is 6.04 Å². The van der Waals surface area contributed by atoms with Crippen molar-refractivity contribution in [2.24, 2.45) is 5.73 Å². The Bertz CT molecular complexity index is 527. The van der Waals surface area contributed by atoms with Crippen LogP contribution in [0, 0.1) is 0 Å². The predicted octanol–water partition coefficient (Wildman–Crippen LogP) is 0.318. The number of nitrogens with zero attached hydrogens (tertiary/aromatic N) is 2. The molecule has 120 valence electrons. The first-order chi connectivity index (χ1) is 10.6. The number of fused-ring (bicyclic) bond motifs is 1. The van der Waals surface area contributed by atoms with Crippen molar-refractivity contribution in [3.63, 3.8) is 0 Å². The lowest BCUT2D eigenvalue weighted by atomic mass is 10.2. The summed E-state index contributed by atoms with van der Waals surface area (Å²) >= 11 is 0. The van der Waals surface area contributed by atoms with Crippen molar-refractivity contribution in [3.05, 3.63) is 24.3 Å². The molecule has 2 heterocycles. The highest BCUT2D eigenvalue weighted by Crippen LogP contribution is 2.31. The van der Waals surface area contributed by atoms with Crippen LogP contribution in [-0.2, 0) is 4.79 Å². The molecule has 1 aromatic carbocycles. The van der Waals surface area contributed by atoms with Crippen LogP contribution in [0.1, 0.15) is 6.92 Å². The van der Waals surface area contributed by atoms with Gasteiger partial charge in [-0.05, 0) is 19.1 Å². The van der Waals surface area contributed by atoms with Gasteiger partial charge in [0.2, 0.25) is 5.91 Å². The van der Waals surface area contributed by atoms with Crippen molar-refractivity contribution in [2.45, 2.75) is 19.1 Å². The maximum atomic E-state index is 11.9. The van der Waals surface area contributed by atoms with E-state index in [0.29, 0.717) is 6.61 Å². The Morgan fingerprint density at radius 2 is 1.95 bits per heavy atom. The normalized spacial score (nSPS) is 23.2. The van der Waals surface area contributed by atoms with Crippen molar-refractivity contribution in [3.8, 4) is 11.5 Å². The van der Waals surface area contributed by atoms with Crippen LogP contribution in [-0.4, -0.2) is 67.2 Å². The predicted molar refractivity (Wildman–Crippen MR) is 83.0 cm³/mol. The Hall–Kier alpha value is -1.79. The minimum atomic E-state index is -0.418. The van der Waals surface area contributed by atoms with Crippen molar-refractivity contribution in [2.75, 3.05) is 39.3 Å². The van der Waals surface area contributed by atoms with Gasteiger partial charge in [-0.15, -0.1) is 0 Å². The Morgan fingerprint density at radius 1 is 1.27 bits per heavy atom. The average Bonchev–Trinajstić information content (AvgIpc) is 2.55. The third kappa shape index (κ3) is 3.34. The summed E-state index contributed by atoms with van der Waals surface area (Å²) in [6, 6.07) is 7.32. The molecule has 0 radical (unpaired) electrons. The topological polar surface area (TPSA) is 68.0 Å². The molecule has 2 N–H and O–H groups in total. The number of rotatable bonds is 3. The van der Waals surface area contributed by atoms with Gasteiger partial charge in [-0.3, -0.25) is 9.69 Å². The molecule has 0 saturated carbocycles. The maximum Gasteiger partial charge on any atom is 0.239 e. The zero-order valence-corrected chi connectivity index (χ0v) is 12.9. The van der Waals surface area contributed by atoms with Gasteiger partial charge >= 0.3 is 0 Å². The summed E-state index contributed by atoms with van der Waals surface area (Å²) in [6.07, 6.45) is 0.0329. The maximum absolute atomic E-state index is 11.9. The van der Waals surface area contributed by atoms with Crippen molar-refractivity contribution < 1.29 is 14.3 Å². The molecule has 2 atom stereocenters. The van der Waals surface area contributed by atoms with E-state index >= 15 is 0 Å². The Morgan fingerprint density at radius 3 is 2.64 bits per heavy atom. The van der Waals surface area contributed by atoms with E-state index in [-0.39, 0.29) is 12.0 Å². The van der Waals surface area contributed by atoms with Gasteiger partial charge in [0.25, 0.3) is 0 Å². The second-order valence-corrected chi connectivity index (χ2v) is 5.91. The van der Waals surface area contributed by atoms with Crippen LogP contribution >= 0.6 is 0 Å². The lowest BCUT2D eigenvalue weighted by Crippen LogP contribution is -2.54. The van der Waals surface area contributed by atoms with Crippen molar-refractivity contribution in [1.29, 1.82) is 0 Å². The van der Waals surface area contributed by atoms with Crippen LogP contribution in [0.4, 0.5) is 0 Å².